The molecule has 6 heteroatoms. The minimum absolute atomic E-state index is 0.105. The van der Waals surface area contributed by atoms with Crippen LogP contribution in [-0.2, 0) is 0 Å². The molecule has 0 fully saturated rings. The molecule has 1 aromatic carbocycles. The molecule has 0 aliphatic heterocycles. The van der Waals surface area contributed by atoms with Gasteiger partial charge in [-0.05, 0) is 36.4 Å². The number of anilines is 1. The smallest absolute Gasteiger partial charge is 0.255 e. The summed E-state index contributed by atoms with van der Waals surface area (Å²) < 4.78 is 1.68. The zero-order valence-electron chi connectivity index (χ0n) is 11.8. The number of Topliss-reactive ketones (excluding diaryl/α,β-unsaturated/α-hetero) is 1. The highest BCUT2D eigenvalue weighted by Gasteiger charge is 2.09. The van der Waals surface area contributed by atoms with Gasteiger partial charge in [-0.2, -0.15) is 0 Å². The fourth-order valence-electron chi connectivity index (χ4n) is 2.05. The Morgan fingerprint density at radius 3 is 2.50 bits per heavy atom. The van der Waals surface area contributed by atoms with Crippen LogP contribution in [0.1, 0.15) is 27.8 Å². The molecule has 0 radical (unpaired) electrons. The number of carbonyl (C=O) groups is 2. The Morgan fingerprint density at radius 2 is 1.82 bits per heavy atom. The second kappa shape index (κ2) is 5.33. The molecule has 0 saturated carbocycles. The largest absolute Gasteiger partial charge is 0.508 e. The van der Waals surface area contributed by atoms with Crippen molar-refractivity contribution in [3.05, 3.63) is 60.0 Å². The van der Waals surface area contributed by atoms with Gasteiger partial charge in [-0.3, -0.25) is 9.59 Å². The van der Waals surface area contributed by atoms with E-state index in [0.29, 0.717) is 22.6 Å². The Hall–Kier alpha value is -3.15. The molecule has 0 aliphatic rings. The van der Waals surface area contributed by atoms with Crippen LogP contribution in [0, 0.1) is 0 Å². The molecular weight excluding hydrogens is 282 g/mol. The molecule has 0 aliphatic carbocycles. The van der Waals surface area contributed by atoms with Crippen LogP contribution in [0.15, 0.2) is 48.8 Å². The van der Waals surface area contributed by atoms with Gasteiger partial charge in [0.05, 0.1) is 5.69 Å². The fraction of sp³-hybridized carbons (Fsp3) is 0.0625. The van der Waals surface area contributed by atoms with E-state index in [4.69, 9.17) is 0 Å². The van der Waals surface area contributed by atoms with Crippen molar-refractivity contribution in [3.8, 4) is 5.75 Å². The summed E-state index contributed by atoms with van der Waals surface area (Å²) in [7, 11) is 0. The highest BCUT2D eigenvalue weighted by atomic mass is 16.3. The summed E-state index contributed by atoms with van der Waals surface area (Å²) in [6.07, 6.45) is 3.31. The van der Waals surface area contributed by atoms with Crippen molar-refractivity contribution in [1.82, 2.24) is 9.38 Å². The quantitative estimate of drug-likeness (QED) is 0.727. The topological polar surface area (TPSA) is 83.7 Å². The van der Waals surface area contributed by atoms with Crippen molar-refractivity contribution in [2.45, 2.75) is 6.92 Å². The third kappa shape index (κ3) is 2.67. The van der Waals surface area contributed by atoms with Gasteiger partial charge in [0.15, 0.2) is 5.78 Å². The van der Waals surface area contributed by atoms with Crippen molar-refractivity contribution in [3.63, 3.8) is 0 Å². The summed E-state index contributed by atoms with van der Waals surface area (Å²) in [5, 5.41) is 12.0. The maximum atomic E-state index is 12.1. The first-order chi connectivity index (χ1) is 10.5. The second-order valence-electron chi connectivity index (χ2n) is 4.87. The number of phenolic OH excluding ortho intramolecular Hbond substituents is 1. The average Bonchev–Trinajstić information content (AvgIpc) is 2.91. The SMILES string of the molecule is CC(=O)c1cn2cc(NC(=O)c3ccc(O)cc3)ccc2n1. The molecular formula is C16H13N3O3. The molecule has 1 amide bonds. The number of rotatable bonds is 3. The number of ketones is 1. The van der Waals surface area contributed by atoms with Gasteiger partial charge in [-0.1, -0.05) is 0 Å². The third-order valence-electron chi connectivity index (χ3n) is 3.20. The molecule has 3 aromatic rings. The summed E-state index contributed by atoms with van der Waals surface area (Å²) in [6, 6.07) is 9.41. The molecule has 0 bridgehead atoms. The van der Waals surface area contributed by atoms with Crippen molar-refractivity contribution in [2.24, 2.45) is 0 Å². The molecule has 2 N–H and O–H groups in total. The summed E-state index contributed by atoms with van der Waals surface area (Å²) in [4.78, 5) is 27.6. The van der Waals surface area contributed by atoms with Gasteiger partial charge in [0.1, 0.15) is 17.1 Å². The minimum atomic E-state index is -0.286. The van der Waals surface area contributed by atoms with Crippen LogP contribution >= 0.6 is 0 Å². The average molecular weight is 295 g/mol. The van der Waals surface area contributed by atoms with Gasteiger partial charge in [-0.15, -0.1) is 0 Å². The van der Waals surface area contributed by atoms with Gasteiger partial charge in [0, 0.05) is 24.9 Å². The van der Waals surface area contributed by atoms with Crippen LogP contribution in [0.5, 0.6) is 5.75 Å². The molecule has 0 saturated heterocycles. The van der Waals surface area contributed by atoms with Crippen LogP contribution < -0.4 is 5.32 Å². The number of imidazole rings is 1. The standard InChI is InChI=1S/C16H13N3O3/c1-10(20)14-9-19-8-12(4-7-15(19)18-14)17-16(22)11-2-5-13(21)6-3-11/h2-9,21H,1H3,(H,17,22). The Bertz CT molecular complexity index is 866. The summed E-state index contributed by atoms with van der Waals surface area (Å²) in [5.41, 5.74) is 2.03. The zero-order valence-corrected chi connectivity index (χ0v) is 11.8. The summed E-state index contributed by atoms with van der Waals surface area (Å²) >= 11 is 0. The van der Waals surface area contributed by atoms with Crippen LogP contribution in [0.2, 0.25) is 0 Å². The first kappa shape index (κ1) is 13.8. The van der Waals surface area contributed by atoms with Crippen molar-refractivity contribution in [1.29, 1.82) is 0 Å². The van der Waals surface area contributed by atoms with E-state index in [9.17, 15) is 14.7 Å². The molecule has 2 aromatic heterocycles. The normalized spacial score (nSPS) is 10.6. The number of carbonyl (C=O) groups excluding carboxylic acids is 2. The lowest BCUT2D eigenvalue weighted by Crippen LogP contribution is -2.11. The molecule has 0 atom stereocenters. The predicted octanol–water partition coefficient (Wildman–Crippen LogP) is 2.49. The predicted molar refractivity (Wildman–Crippen MR) is 81.3 cm³/mol. The maximum Gasteiger partial charge on any atom is 0.255 e. The maximum absolute atomic E-state index is 12.1. The lowest BCUT2D eigenvalue weighted by molar-refractivity contribution is 0.100. The lowest BCUT2D eigenvalue weighted by atomic mass is 10.2. The van der Waals surface area contributed by atoms with Crippen LogP contribution in [0.3, 0.4) is 0 Å². The number of hydrogen-bond acceptors (Lipinski definition) is 4. The van der Waals surface area contributed by atoms with Crippen LogP contribution in [0.4, 0.5) is 5.69 Å². The minimum Gasteiger partial charge on any atom is -0.508 e. The van der Waals surface area contributed by atoms with Gasteiger partial charge < -0.3 is 14.8 Å². The van der Waals surface area contributed by atoms with Crippen LogP contribution in [0.25, 0.3) is 5.65 Å². The number of aromatic hydroxyl groups is 1. The fourth-order valence-corrected chi connectivity index (χ4v) is 2.05. The van der Waals surface area contributed by atoms with Crippen LogP contribution in [-0.4, -0.2) is 26.2 Å². The Morgan fingerprint density at radius 1 is 1.09 bits per heavy atom. The molecule has 0 unspecified atom stereocenters. The van der Waals surface area contributed by atoms with Crippen molar-refractivity contribution >= 4 is 23.0 Å². The molecule has 2 heterocycles. The first-order valence-corrected chi connectivity index (χ1v) is 6.63. The molecule has 110 valence electrons. The van der Waals surface area contributed by atoms with E-state index in [-0.39, 0.29) is 17.4 Å². The number of phenols is 1. The van der Waals surface area contributed by atoms with E-state index in [0.717, 1.165) is 0 Å². The highest BCUT2D eigenvalue weighted by Crippen LogP contribution is 2.15. The Kier molecular flexibility index (Phi) is 3.34. The number of nitrogens with zero attached hydrogens (tertiary/aromatic N) is 2. The molecule has 0 spiro atoms. The number of nitrogens with one attached hydrogen (secondary N) is 1. The van der Waals surface area contributed by atoms with Gasteiger partial charge in [0.25, 0.3) is 5.91 Å². The Labute approximate surface area is 126 Å². The number of benzene rings is 1. The Balaban J connectivity index is 1.85. The van der Waals surface area contributed by atoms with E-state index < -0.39 is 0 Å². The van der Waals surface area contributed by atoms with E-state index in [1.54, 1.807) is 28.9 Å². The highest BCUT2D eigenvalue weighted by molar-refractivity contribution is 6.04. The number of hydrogen-bond donors (Lipinski definition) is 2. The molecule has 22 heavy (non-hydrogen) atoms. The number of amides is 1. The molecule has 6 nitrogen and oxygen atoms in total. The zero-order chi connectivity index (χ0) is 15.7. The third-order valence-corrected chi connectivity index (χ3v) is 3.20. The van der Waals surface area contributed by atoms with Gasteiger partial charge in [0.2, 0.25) is 0 Å². The van der Waals surface area contributed by atoms with E-state index >= 15 is 0 Å². The van der Waals surface area contributed by atoms with E-state index in [1.807, 2.05) is 0 Å². The second-order valence-corrected chi connectivity index (χ2v) is 4.87. The lowest BCUT2D eigenvalue weighted by Gasteiger charge is -2.06. The van der Waals surface area contributed by atoms with Crippen molar-refractivity contribution in [2.75, 3.05) is 5.32 Å². The summed E-state index contributed by atoms with van der Waals surface area (Å²) in [5.74, 6) is -0.294. The first-order valence-electron chi connectivity index (χ1n) is 6.63. The molecule has 3 rings (SSSR count). The number of pyridine rings is 1. The van der Waals surface area contributed by atoms with Gasteiger partial charge in [-0.25, -0.2) is 4.98 Å². The monoisotopic (exact) mass is 295 g/mol. The van der Waals surface area contributed by atoms with E-state index in [1.165, 1.54) is 31.2 Å². The van der Waals surface area contributed by atoms with Gasteiger partial charge >= 0.3 is 0 Å². The van der Waals surface area contributed by atoms with E-state index in [2.05, 4.69) is 10.3 Å². The van der Waals surface area contributed by atoms with Crippen molar-refractivity contribution < 1.29 is 14.7 Å². The number of aromatic nitrogens is 2. The number of fused-ring (bicyclic) bond motifs is 1. The summed E-state index contributed by atoms with van der Waals surface area (Å²) in [6.45, 7) is 1.45.